The maximum Gasteiger partial charge on any atom is 0.238 e. The second-order valence-corrected chi connectivity index (χ2v) is 18.2. The Labute approximate surface area is 397 Å². The summed E-state index contributed by atoms with van der Waals surface area (Å²) < 4.78 is 4.82. The number of nitrogens with zero attached hydrogens (tertiary/aromatic N) is 4. The zero-order valence-corrected chi connectivity index (χ0v) is 37.6. The smallest absolute Gasteiger partial charge is 0.238 e. The summed E-state index contributed by atoms with van der Waals surface area (Å²) in [7, 11) is 0. The average molecular weight is 885 g/mol. The Morgan fingerprint density at radius 3 is 1.37 bits per heavy atom. The monoisotopic (exact) mass is 884 g/mol. The van der Waals surface area contributed by atoms with Crippen LogP contribution in [0.5, 0.6) is 0 Å². The lowest BCUT2D eigenvalue weighted by Crippen LogP contribution is -2.06. The van der Waals surface area contributed by atoms with Crippen LogP contribution in [-0.2, 0) is 0 Å². The second-order valence-electron chi connectivity index (χ2n) is 17.1. The zero-order chi connectivity index (χ0) is 45.0. The molecular weight excluding hydrogens is 845 g/mol. The summed E-state index contributed by atoms with van der Waals surface area (Å²) >= 11 is 1.87. The maximum atomic E-state index is 5.29. The van der Waals surface area contributed by atoms with Crippen LogP contribution < -0.4 is 0 Å². The highest BCUT2D eigenvalue weighted by molar-refractivity contribution is 7.26. The molecule has 0 fully saturated rings. The predicted molar refractivity (Wildman–Crippen MR) is 285 cm³/mol. The van der Waals surface area contributed by atoms with E-state index in [4.69, 9.17) is 15.0 Å². The van der Waals surface area contributed by atoms with Gasteiger partial charge in [-0.3, -0.25) is 4.57 Å². The van der Waals surface area contributed by atoms with Crippen molar-refractivity contribution in [3.8, 4) is 84.4 Å². The lowest BCUT2D eigenvalue weighted by Gasteiger charge is -2.15. The van der Waals surface area contributed by atoms with E-state index in [1.807, 2.05) is 23.5 Å². The van der Waals surface area contributed by atoms with E-state index in [0.29, 0.717) is 17.6 Å². The minimum Gasteiger partial charge on any atom is -0.278 e. The van der Waals surface area contributed by atoms with Crippen LogP contribution in [0.15, 0.2) is 243 Å². The third kappa shape index (κ3) is 6.88. The van der Waals surface area contributed by atoms with Crippen LogP contribution in [0.3, 0.4) is 0 Å². The molecule has 0 spiro atoms. The predicted octanol–water partition coefficient (Wildman–Crippen LogP) is 17.0. The molecule has 0 aliphatic heterocycles. The fraction of sp³-hybridized carbons (Fsp3) is 0. The molecule has 318 valence electrons. The van der Waals surface area contributed by atoms with E-state index < -0.39 is 0 Å². The molecule has 0 saturated carbocycles. The molecule has 0 unspecified atom stereocenters. The van der Waals surface area contributed by atoms with Crippen molar-refractivity contribution in [1.29, 1.82) is 0 Å². The van der Waals surface area contributed by atoms with Crippen molar-refractivity contribution in [2.75, 3.05) is 0 Å². The van der Waals surface area contributed by atoms with E-state index in [1.165, 1.54) is 48.0 Å². The Hall–Kier alpha value is -8.77. The minimum absolute atomic E-state index is 0.563. The van der Waals surface area contributed by atoms with Crippen LogP contribution in [-0.4, -0.2) is 19.5 Å². The van der Waals surface area contributed by atoms with E-state index in [0.717, 1.165) is 60.8 Å². The number of para-hydroxylation sites is 1. The van der Waals surface area contributed by atoms with Crippen LogP contribution in [0.2, 0.25) is 0 Å². The lowest BCUT2D eigenvalue weighted by molar-refractivity contribution is 0.953. The molecule has 0 radical (unpaired) electrons. The first kappa shape index (κ1) is 39.6. The van der Waals surface area contributed by atoms with Crippen molar-refractivity contribution in [2.45, 2.75) is 0 Å². The third-order valence-electron chi connectivity index (χ3n) is 13.1. The Bertz CT molecular complexity index is 3900. The molecule has 3 aromatic heterocycles. The van der Waals surface area contributed by atoms with Gasteiger partial charge in [0.15, 0.2) is 11.6 Å². The SMILES string of the molecule is c1ccc(-c2ccc(-c3nc(-c4ccc(-c5ccccc5)cc4)nc(-n4c5ccccc5c5cc(-c6ccccc6-c6ccccc6-c6cccc7c6sc6ccccc67)ccc54)n3)cc2)cc1. The van der Waals surface area contributed by atoms with Gasteiger partial charge in [-0.1, -0.05) is 218 Å². The highest BCUT2D eigenvalue weighted by Gasteiger charge is 2.21. The molecule has 0 aliphatic rings. The number of fused-ring (bicyclic) bond motifs is 6. The summed E-state index contributed by atoms with van der Waals surface area (Å²) in [6.45, 7) is 0. The van der Waals surface area contributed by atoms with Gasteiger partial charge in [-0.25, -0.2) is 4.98 Å². The van der Waals surface area contributed by atoms with Crippen molar-refractivity contribution in [3.63, 3.8) is 0 Å². The summed E-state index contributed by atoms with van der Waals surface area (Å²) in [5, 5.41) is 4.85. The van der Waals surface area contributed by atoms with Gasteiger partial charge in [0.05, 0.1) is 11.0 Å². The van der Waals surface area contributed by atoms with Crippen LogP contribution in [0.25, 0.3) is 126 Å². The Balaban J connectivity index is 0.956. The normalized spacial score (nSPS) is 11.5. The molecule has 0 N–H and O–H groups in total. The van der Waals surface area contributed by atoms with Crippen LogP contribution in [0, 0.1) is 0 Å². The summed E-state index contributed by atoms with van der Waals surface area (Å²) in [5.74, 6) is 1.78. The molecule has 68 heavy (non-hydrogen) atoms. The molecule has 0 atom stereocenters. The largest absolute Gasteiger partial charge is 0.278 e. The molecule has 3 heterocycles. The van der Waals surface area contributed by atoms with E-state index in [2.05, 4.69) is 235 Å². The van der Waals surface area contributed by atoms with Gasteiger partial charge >= 0.3 is 0 Å². The van der Waals surface area contributed by atoms with Gasteiger partial charge in [0.25, 0.3) is 0 Å². The fourth-order valence-electron chi connectivity index (χ4n) is 9.85. The maximum absolute atomic E-state index is 5.29. The molecule has 0 aliphatic carbocycles. The number of rotatable bonds is 8. The number of hydrogen-bond acceptors (Lipinski definition) is 4. The van der Waals surface area contributed by atoms with Gasteiger partial charge in [-0.15, -0.1) is 11.3 Å². The summed E-state index contributed by atoms with van der Waals surface area (Å²) in [6.07, 6.45) is 0. The van der Waals surface area contributed by atoms with Crippen molar-refractivity contribution >= 4 is 53.3 Å². The van der Waals surface area contributed by atoms with Crippen molar-refractivity contribution < 1.29 is 0 Å². The molecule has 5 heteroatoms. The molecule has 0 bridgehead atoms. The number of thiophene rings is 1. The highest BCUT2D eigenvalue weighted by atomic mass is 32.1. The van der Waals surface area contributed by atoms with E-state index in [1.54, 1.807) is 0 Å². The van der Waals surface area contributed by atoms with Crippen LogP contribution >= 0.6 is 11.3 Å². The molecule has 13 rings (SSSR count). The fourth-order valence-corrected chi connectivity index (χ4v) is 11.1. The molecule has 10 aromatic carbocycles. The quantitative estimate of drug-likeness (QED) is 0.153. The minimum atomic E-state index is 0.563. The third-order valence-corrected chi connectivity index (χ3v) is 14.4. The molecule has 4 nitrogen and oxygen atoms in total. The first-order chi connectivity index (χ1) is 33.7. The topological polar surface area (TPSA) is 43.6 Å². The average Bonchev–Trinajstić information content (AvgIpc) is 3.97. The van der Waals surface area contributed by atoms with Gasteiger partial charge in [-0.2, -0.15) is 9.97 Å². The number of hydrogen-bond donors (Lipinski definition) is 0. The molecular formula is C63H40N4S. The Morgan fingerprint density at radius 2 is 0.721 bits per heavy atom. The van der Waals surface area contributed by atoms with Gasteiger partial charge in [0.2, 0.25) is 5.95 Å². The first-order valence-electron chi connectivity index (χ1n) is 22.9. The van der Waals surface area contributed by atoms with Gasteiger partial charge in [-0.05, 0) is 74.3 Å². The zero-order valence-electron chi connectivity index (χ0n) is 36.8. The first-order valence-corrected chi connectivity index (χ1v) is 23.7. The lowest BCUT2D eigenvalue weighted by atomic mass is 9.89. The molecule has 0 saturated heterocycles. The number of benzene rings is 10. The summed E-state index contributed by atoms with van der Waals surface area (Å²) in [5.41, 5.74) is 15.7. The van der Waals surface area contributed by atoms with Crippen LogP contribution in [0.1, 0.15) is 0 Å². The summed E-state index contributed by atoms with van der Waals surface area (Å²) in [4.78, 5) is 15.7. The van der Waals surface area contributed by atoms with E-state index in [-0.39, 0.29) is 0 Å². The highest BCUT2D eigenvalue weighted by Crippen LogP contribution is 2.45. The Morgan fingerprint density at radius 1 is 0.279 bits per heavy atom. The van der Waals surface area contributed by atoms with Crippen molar-refractivity contribution in [2.24, 2.45) is 0 Å². The van der Waals surface area contributed by atoms with Gasteiger partial charge < -0.3 is 0 Å². The number of aromatic nitrogens is 4. The molecule has 0 amide bonds. The van der Waals surface area contributed by atoms with Gasteiger partial charge in [0, 0.05) is 47.6 Å². The van der Waals surface area contributed by atoms with E-state index in [9.17, 15) is 0 Å². The Kier molecular flexibility index (Phi) is 9.66. The molecule has 13 aromatic rings. The van der Waals surface area contributed by atoms with Crippen molar-refractivity contribution in [1.82, 2.24) is 19.5 Å². The standard InChI is InChI=1S/C63H40N4S/c1-3-16-41(17-4-1)43-30-34-45(35-31-43)61-64-62(46-36-32-44(33-37-46)42-18-5-2-6-19-42)66-63(65-61)67-57-28-13-11-24-52(57)56-40-47(38-39-58(56)67)48-20-7-8-21-49(48)50-22-9-10-23-51(50)54-26-15-27-55-53-25-12-14-29-59(53)68-60(54)55/h1-40H. The van der Waals surface area contributed by atoms with Crippen LogP contribution in [0.4, 0.5) is 0 Å². The van der Waals surface area contributed by atoms with Crippen molar-refractivity contribution in [3.05, 3.63) is 243 Å². The summed E-state index contributed by atoms with van der Waals surface area (Å²) in [6, 6.07) is 86.4. The van der Waals surface area contributed by atoms with E-state index >= 15 is 0 Å². The second kappa shape index (κ2) is 16.6. The van der Waals surface area contributed by atoms with Gasteiger partial charge in [0.1, 0.15) is 0 Å².